The Labute approximate surface area is 82.4 Å². The summed E-state index contributed by atoms with van der Waals surface area (Å²) in [5, 5.41) is 6.10. The van der Waals surface area contributed by atoms with Crippen molar-refractivity contribution in [2.45, 2.75) is 19.3 Å². The third kappa shape index (κ3) is 2.32. The summed E-state index contributed by atoms with van der Waals surface area (Å²) in [6.45, 7) is 4.48. The van der Waals surface area contributed by atoms with Gasteiger partial charge in [0.1, 0.15) is 5.76 Å². The Morgan fingerprint density at radius 2 is 2.43 bits per heavy atom. The van der Waals surface area contributed by atoms with Crippen molar-refractivity contribution in [3.05, 3.63) is 11.8 Å². The fraction of sp³-hybridized carbons (Fsp3) is 0.556. The molecule has 1 aromatic heterocycles. The minimum atomic E-state index is -0.245. The largest absolute Gasteiger partial charge is 0.384 e. The molecule has 0 radical (unpaired) electrons. The number of aromatic nitrogens is 1. The second kappa shape index (κ2) is 4.23. The maximum Gasteiger partial charge on any atom is 0.212 e. The highest BCUT2D eigenvalue weighted by Gasteiger charge is 2.25. The molecule has 1 heterocycles. The molecule has 0 spiro atoms. The predicted molar refractivity (Wildman–Crippen MR) is 51.1 cm³/mol. The number of anilines is 1. The number of nitrogens with zero attached hydrogens (tertiary/aromatic N) is 1. The summed E-state index contributed by atoms with van der Waals surface area (Å²) < 4.78 is 10.1. The molecule has 0 bridgehead atoms. The van der Waals surface area contributed by atoms with E-state index in [2.05, 4.69) is 10.5 Å². The molecule has 0 fully saturated rings. The summed E-state index contributed by atoms with van der Waals surface area (Å²) in [6.07, 6.45) is 0.560. The first-order valence-corrected chi connectivity index (χ1v) is 4.26. The molecule has 0 saturated carbocycles. The van der Waals surface area contributed by atoms with Crippen LogP contribution in [0.3, 0.4) is 0 Å². The number of carbonyl (C=O) groups excluding carboxylic acids is 1. The number of carbonyl (C=O) groups is 1. The lowest BCUT2D eigenvalue weighted by molar-refractivity contribution is -0.105. The molecule has 0 unspecified atom stereocenters. The molecule has 1 aromatic rings. The zero-order valence-electron chi connectivity index (χ0n) is 8.53. The van der Waals surface area contributed by atoms with Crippen LogP contribution in [0.25, 0.3) is 0 Å². The third-order valence-corrected chi connectivity index (χ3v) is 1.89. The van der Waals surface area contributed by atoms with Gasteiger partial charge in [-0.1, -0.05) is 19.0 Å². The van der Waals surface area contributed by atoms with Gasteiger partial charge < -0.3 is 14.6 Å². The summed E-state index contributed by atoms with van der Waals surface area (Å²) in [5.41, 5.74) is -0.245. The zero-order chi connectivity index (χ0) is 10.6. The highest BCUT2D eigenvalue weighted by Crippen LogP contribution is 2.25. The third-order valence-electron chi connectivity index (χ3n) is 1.89. The van der Waals surface area contributed by atoms with Gasteiger partial charge in [-0.3, -0.25) is 4.79 Å². The molecule has 14 heavy (non-hydrogen) atoms. The van der Waals surface area contributed by atoms with E-state index in [1.54, 1.807) is 13.2 Å². The number of rotatable bonds is 5. The molecule has 5 nitrogen and oxygen atoms in total. The zero-order valence-corrected chi connectivity index (χ0v) is 8.53. The number of ether oxygens (including phenoxy) is 1. The molecule has 1 rings (SSSR count). The van der Waals surface area contributed by atoms with Gasteiger partial charge in [0.15, 0.2) is 5.82 Å². The highest BCUT2D eigenvalue weighted by molar-refractivity contribution is 5.68. The Balaban J connectivity index is 2.79. The van der Waals surface area contributed by atoms with Gasteiger partial charge in [0.2, 0.25) is 6.41 Å². The molecule has 0 aromatic carbocycles. The Morgan fingerprint density at radius 3 is 3.00 bits per heavy atom. The fourth-order valence-corrected chi connectivity index (χ4v) is 1.15. The normalized spacial score (nSPS) is 11.4. The molecule has 5 heteroatoms. The van der Waals surface area contributed by atoms with Crippen LogP contribution in [-0.2, 0) is 14.9 Å². The first-order chi connectivity index (χ1) is 6.60. The van der Waals surface area contributed by atoms with E-state index in [1.807, 2.05) is 13.8 Å². The van der Waals surface area contributed by atoms with Gasteiger partial charge in [0.25, 0.3) is 0 Å². The second-order valence-corrected chi connectivity index (χ2v) is 3.66. The minimum Gasteiger partial charge on any atom is -0.384 e. The smallest absolute Gasteiger partial charge is 0.212 e. The summed E-state index contributed by atoms with van der Waals surface area (Å²) in [7, 11) is 1.63. The van der Waals surface area contributed by atoms with Crippen molar-refractivity contribution in [3.63, 3.8) is 0 Å². The van der Waals surface area contributed by atoms with Crippen LogP contribution >= 0.6 is 0 Å². The molecule has 1 N–H and O–H groups in total. The van der Waals surface area contributed by atoms with E-state index >= 15 is 0 Å². The van der Waals surface area contributed by atoms with E-state index in [9.17, 15) is 4.79 Å². The van der Waals surface area contributed by atoms with Crippen molar-refractivity contribution in [1.29, 1.82) is 0 Å². The van der Waals surface area contributed by atoms with Gasteiger partial charge in [-0.05, 0) is 0 Å². The van der Waals surface area contributed by atoms with E-state index < -0.39 is 0 Å². The van der Waals surface area contributed by atoms with E-state index in [1.165, 1.54) is 0 Å². The van der Waals surface area contributed by atoms with E-state index in [0.717, 1.165) is 0 Å². The quantitative estimate of drug-likeness (QED) is 0.721. The van der Waals surface area contributed by atoms with E-state index in [-0.39, 0.29) is 5.41 Å². The van der Waals surface area contributed by atoms with Crippen LogP contribution in [0.15, 0.2) is 10.6 Å². The topological polar surface area (TPSA) is 64.4 Å². The van der Waals surface area contributed by atoms with Crippen molar-refractivity contribution in [1.82, 2.24) is 5.16 Å². The van der Waals surface area contributed by atoms with Gasteiger partial charge in [0.05, 0.1) is 6.61 Å². The minimum absolute atomic E-state index is 0.245. The molecule has 78 valence electrons. The average molecular weight is 198 g/mol. The van der Waals surface area contributed by atoms with Gasteiger partial charge in [-0.25, -0.2) is 0 Å². The molecular formula is C9H14N2O3. The molecule has 0 aliphatic rings. The maximum atomic E-state index is 10.1. The van der Waals surface area contributed by atoms with E-state index in [4.69, 9.17) is 9.26 Å². The Kier molecular flexibility index (Phi) is 3.24. The van der Waals surface area contributed by atoms with Gasteiger partial charge in [-0.2, -0.15) is 0 Å². The van der Waals surface area contributed by atoms with E-state index in [0.29, 0.717) is 24.6 Å². The van der Waals surface area contributed by atoms with Crippen molar-refractivity contribution < 1.29 is 14.1 Å². The number of methoxy groups -OCH3 is 1. The Hall–Kier alpha value is -1.36. The number of hydrogen-bond donors (Lipinski definition) is 1. The number of amides is 1. The summed E-state index contributed by atoms with van der Waals surface area (Å²) >= 11 is 0. The lowest BCUT2D eigenvalue weighted by atomic mass is 9.91. The molecule has 0 aliphatic heterocycles. The van der Waals surface area contributed by atoms with Crippen molar-refractivity contribution in [2.75, 3.05) is 19.0 Å². The van der Waals surface area contributed by atoms with Gasteiger partial charge >= 0.3 is 0 Å². The first-order valence-electron chi connectivity index (χ1n) is 4.26. The van der Waals surface area contributed by atoms with Crippen LogP contribution in [0.2, 0.25) is 0 Å². The lowest BCUT2D eigenvalue weighted by Gasteiger charge is -2.19. The fourth-order valence-electron chi connectivity index (χ4n) is 1.15. The molecular weight excluding hydrogens is 184 g/mol. The molecule has 0 aliphatic carbocycles. The first kappa shape index (κ1) is 10.7. The summed E-state index contributed by atoms with van der Waals surface area (Å²) in [6, 6.07) is 1.69. The molecule has 0 saturated heterocycles. The van der Waals surface area contributed by atoms with Crippen molar-refractivity contribution in [2.24, 2.45) is 0 Å². The lowest BCUT2D eigenvalue weighted by Crippen LogP contribution is -2.22. The van der Waals surface area contributed by atoms with Crippen molar-refractivity contribution in [3.8, 4) is 0 Å². The molecule has 1 amide bonds. The van der Waals surface area contributed by atoms with Crippen LogP contribution in [-0.4, -0.2) is 25.3 Å². The highest BCUT2D eigenvalue weighted by atomic mass is 16.5. The predicted octanol–water partition coefficient (Wildman–Crippen LogP) is 1.17. The second-order valence-electron chi connectivity index (χ2n) is 3.66. The van der Waals surface area contributed by atoms with Crippen molar-refractivity contribution >= 4 is 12.2 Å². The Morgan fingerprint density at radius 1 is 1.71 bits per heavy atom. The van der Waals surface area contributed by atoms with Crippen LogP contribution < -0.4 is 5.32 Å². The summed E-state index contributed by atoms with van der Waals surface area (Å²) in [5.74, 6) is 1.10. The maximum absolute atomic E-state index is 10.1. The number of hydrogen-bond acceptors (Lipinski definition) is 4. The summed E-state index contributed by atoms with van der Waals surface area (Å²) in [4.78, 5) is 10.1. The molecule has 0 atom stereocenters. The van der Waals surface area contributed by atoms with Crippen LogP contribution in [0.1, 0.15) is 19.6 Å². The monoisotopic (exact) mass is 198 g/mol. The van der Waals surface area contributed by atoms with Crippen LogP contribution in [0.4, 0.5) is 5.82 Å². The Bertz CT molecular complexity index is 307. The van der Waals surface area contributed by atoms with Gasteiger partial charge in [0, 0.05) is 18.6 Å². The van der Waals surface area contributed by atoms with Crippen LogP contribution in [0, 0.1) is 0 Å². The number of nitrogens with one attached hydrogen (secondary N) is 1. The van der Waals surface area contributed by atoms with Crippen LogP contribution in [0.5, 0.6) is 0 Å². The SMILES string of the molecule is COCC(C)(C)c1cc(NC=O)no1. The average Bonchev–Trinajstić information content (AvgIpc) is 2.54. The van der Waals surface area contributed by atoms with Gasteiger partial charge in [-0.15, -0.1) is 0 Å². The standard InChI is InChI=1S/C9H14N2O3/c1-9(2,5-13-3)7-4-8(10-6-12)11-14-7/h4,6H,5H2,1-3H3,(H,10,11,12).